The summed E-state index contributed by atoms with van der Waals surface area (Å²) in [4.78, 5) is 31.1. The first-order valence-corrected chi connectivity index (χ1v) is 17.4. The summed E-state index contributed by atoms with van der Waals surface area (Å²) in [6.07, 6.45) is 0.921. The molecule has 0 spiro atoms. The lowest BCUT2D eigenvalue weighted by atomic mass is 9.84. The van der Waals surface area contributed by atoms with Crippen molar-refractivity contribution in [1.82, 2.24) is 25.8 Å². The van der Waals surface area contributed by atoms with Gasteiger partial charge in [0.1, 0.15) is 18.8 Å². The van der Waals surface area contributed by atoms with Crippen LogP contribution in [-0.2, 0) is 27.1 Å². The Morgan fingerprint density at radius 2 is 1.66 bits per heavy atom. The van der Waals surface area contributed by atoms with Crippen LogP contribution >= 0.6 is 11.3 Å². The SMILES string of the molecule is COC(=O)N[C@H](C(=O)Nc1ccccc1CC[C@@H]1CNC[C@@H](COc2nnc(Cc3csc(C)n3)o2)O1)C(c1ccccc1)c1ccccc1. The summed E-state index contributed by atoms with van der Waals surface area (Å²) in [7, 11) is 1.28. The number of nitrogens with zero attached hydrogens (tertiary/aromatic N) is 3. The minimum atomic E-state index is -0.960. The number of carbonyl (C=O) groups excluding carboxylic acids is 2. The Hall–Kier alpha value is -5.11. The number of hydrogen-bond acceptors (Lipinski definition) is 11. The quantitative estimate of drug-likeness (QED) is 0.140. The van der Waals surface area contributed by atoms with Crippen LogP contribution in [0.1, 0.15) is 45.6 Å². The van der Waals surface area contributed by atoms with Crippen LogP contribution < -0.4 is 20.7 Å². The van der Waals surface area contributed by atoms with Gasteiger partial charge in [-0.3, -0.25) is 4.79 Å². The number of nitrogens with one attached hydrogen (secondary N) is 3. The predicted molar refractivity (Wildman–Crippen MR) is 188 cm³/mol. The molecule has 6 rings (SSSR count). The normalized spacial score (nSPS) is 16.5. The number of rotatable bonds is 14. The highest BCUT2D eigenvalue weighted by molar-refractivity contribution is 7.09. The van der Waals surface area contributed by atoms with Gasteiger partial charge in [0.25, 0.3) is 0 Å². The maximum Gasteiger partial charge on any atom is 0.414 e. The molecule has 3 atom stereocenters. The minimum Gasteiger partial charge on any atom is -0.453 e. The lowest BCUT2D eigenvalue weighted by molar-refractivity contribution is -0.118. The van der Waals surface area contributed by atoms with E-state index in [2.05, 4.69) is 31.1 Å². The number of para-hydroxylation sites is 1. The van der Waals surface area contributed by atoms with Crippen molar-refractivity contribution in [2.75, 3.05) is 32.1 Å². The molecule has 3 heterocycles. The van der Waals surface area contributed by atoms with Crippen molar-refractivity contribution in [3.63, 3.8) is 0 Å². The van der Waals surface area contributed by atoms with Gasteiger partial charge in [-0.15, -0.1) is 16.4 Å². The molecule has 0 bridgehead atoms. The largest absolute Gasteiger partial charge is 0.453 e. The van der Waals surface area contributed by atoms with Crippen molar-refractivity contribution < 1.29 is 28.2 Å². The van der Waals surface area contributed by atoms with E-state index < -0.39 is 18.1 Å². The van der Waals surface area contributed by atoms with Crippen molar-refractivity contribution in [2.45, 2.75) is 50.4 Å². The number of anilines is 1. The second kappa shape index (κ2) is 17.0. The Balaban J connectivity index is 1.08. The van der Waals surface area contributed by atoms with E-state index in [4.69, 9.17) is 18.6 Å². The summed E-state index contributed by atoms with van der Waals surface area (Å²) >= 11 is 1.58. The van der Waals surface area contributed by atoms with Crippen molar-refractivity contribution in [3.05, 3.63) is 124 Å². The van der Waals surface area contributed by atoms with Gasteiger partial charge in [-0.2, -0.15) is 0 Å². The van der Waals surface area contributed by atoms with E-state index in [0.717, 1.165) is 27.4 Å². The monoisotopic (exact) mass is 696 g/mol. The highest BCUT2D eigenvalue weighted by Gasteiger charge is 2.33. The Bertz CT molecular complexity index is 1790. The van der Waals surface area contributed by atoms with Crippen LogP contribution in [0.4, 0.5) is 10.5 Å². The number of aryl methyl sites for hydroxylation is 2. The topological polar surface area (TPSA) is 150 Å². The third-order valence-electron chi connectivity index (χ3n) is 8.37. The van der Waals surface area contributed by atoms with Crippen LogP contribution in [0.5, 0.6) is 6.08 Å². The number of amides is 2. The minimum absolute atomic E-state index is 0.0819. The van der Waals surface area contributed by atoms with E-state index in [9.17, 15) is 9.59 Å². The van der Waals surface area contributed by atoms with Crippen LogP contribution in [-0.4, -0.2) is 72.2 Å². The fourth-order valence-corrected chi connectivity index (χ4v) is 6.60. The highest BCUT2D eigenvalue weighted by atomic mass is 32.1. The standard InChI is InChI=1S/C37H40N6O6S/c1-24-39-28(23-50-24)19-32-42-43-37(49-32)47-22-30-21-38-20-29(48-30)18-17-25-11-9-10-16-31(25)40-35(44)34(41-36(45)46-2)33(26-12-5-3-6-13-26)27-14-7-4-8-15-27/h3-16,23,29-30,33-34,38H,17-22H2,1-2H3,(H,40,44)(H,41,45)/t29-,30+,34+/m1/s1. The third-order valence-corrected chi connectivity index (χ3v) is 9.19. The average Bonchev–Trinajstić information content (AvgIpc) is 3.78. The third kappa shape index (κ3) is 9.31. The summed E-state index contributed by atoms with van der Waals surface area (Å²) in [5.41, 5.74) is 4.26. The molecule has 2 amide bonds. The number of carbonyl (C=O) groups is 2. The summed E-state index contributed by atoms with van der Waals surface area (Å²) < 4.78 is 22.7. The molecule has 0 unspecified atom stereocenters. The molecule has 1 saturated heterocycles. The van der Waals surface area contributed by atoms with Crippen LogP contribution in [0.2, 0.25) is 0 Å². The molecule has 0 aliphatic carbocycles. The zero-order chi connectivity index (χ0) is 34.7. The van der Waals surface area contributed by atoms with Crippen molar-refractivity contribution >= 4 is 29.0 Å². The number of alkyl carbamates (subject to hydrolysis) is 1. The maximum absolute atomic E-state index is 14.1. The fraction of sp³-hybridized carbons (Fsp3) is 0.324. The lowest BCUT2D eigenvalue weighted by Crippen LogP contribution is -2.48. The zero-order valence-electron chi connectivity index (χ0n) is 27.9. The Morgan fingerprint density at radius 3 is 2.36 bits per heavy atom. The first kappa shape index (κ1) is 34.7. The molecule has 5 aromatic rings. The van der Waals surface area contributed by atoms with E-state index in [0.29, 0.717) is 43.9 Å². The summed E-state index contributed by atoms with van der Waals surface area (Å²) in [6, 6.07) is 26.0. The fourth-order valence-electron chi connectivity index (χ4n) is 5.99. The van der Waals surface area contributed by atoms with E-state index in [1.54, 1.807) is 11.3 Å². The summed E-state index contributed by atoms with van der Waals surface area (Å²) in [5, 5.41) is 20.4. The molecule has 0 radical (unpaired) electrons. The number of morpholine rings is 1. The van der Waals surface area contributed by atoms with E-state index >= 15 is 0 Å². The van der Waals surface area contributed by atoms with Crippen molar-refractivity contribution in [1.29, 1.82) is 0 Å². The van der Waals surface area contributed by atoms with Crippen LogP contribution in [0, 0.1) is 6.92 Å². The molecular formula is C37H40N6O6S. The van der Waals surface area contributed by atoms with E-state index in [1.165, 1.54) is 7.11 Å². The van der Waals surface area contributed by atoms with Crippen LogP contribution in [0.3, 0.4) is 0 Å². The van der Waals surface area contributed by atoms with E-state index in [1.807, 2.05) is 97.2 Å². The molecule has 1 fully saturated rings. The lowest BCUT2D eigenvalue weighted by Gasteiger charge is -2.30. The van der Waals surface area contributed by atoms with Gasteiger partial charge in [0, 0.05) is 30.1 Å². The molecule has 3 N–H and O–H groups in total. The first-order chi connectivity index (χ1) is 24.4. The van der Waals surface area contributed by atoms with E-state index in [-0.39, 0.29) is 30.8 Å². The van der Waals surface area contributed by atoms with Gasteiger partial charge >= 0.3 is 12.2 Å². The first-order valence-electron chi connectivity index (χ1n) is 16.5. The maximum atomic E-state index is 14.1. The van der Waals surface area contributed by atoms with Gasteiger partial charge in [0.2, 0.25) is 11.8 Å². The number of aromatic nitrogens is 3. The van der Waals surface area contributed by atoms with Gasteiger partial charge in [-0.05, 0) is 42.5 Å². The second-order valence-electron chi connectivity index (χ2n) is 11.9. The molecule has 12 nitrogen and oxygen atoms in total. The van der Waals surface area contributed by atoms with Crippen molar-refractivity contribution in [3.8, 4) is 6.08 Å². The Kier molecular flexibility index (Phi) is 11.8. The van der Waals surface area contributed by atoms with Gasteiger partial charge in [0.05, 0.1) is 30.3 Å². The summed E-state index contributed by atoms with van der Waals surface area (Å²) in [6.45, 7) is 3.52. The number of methoxy groups -OCH3 is 1. The van der Waals surface area contributed by atoms with Gasteiger partial charge < -0.3 is 34.6 Å². The van der Waals surface area contributed by atoms with Gasteiger partial charge in [-0.1, -0.05) is 84.0 Å². The highest BCUT2D eigenvalue weighted by Crippen LogP contribution is 2.30. The molecule has 1 aliphatic rings. The molecule has 0 saturated carbocycles. The Labute approximate surface area is 294 Å². The number of thiazole rings is 1. The molecular weight excluding hydrogens is 657 g/mol. The Morgan fingerprint density at radius 1 is 0.960 bits per heavy atom. The van der Waals surface area contributed by atoms with Crippen LogP contribution in [0.15, 0.2) is 94.7 Å². The smallest absolute Gasteiger partial charge is 0.414 e. The second-order valence-corrected chi connectivity index (χ2v) is 13.0. The number of hydrogen-bond donors (Lipinski definition) is 3. The van der Waals surface area contributed by atoms with Gasteiger partial charge in [-0.25, -0.2) is 9.78 Å². The number of benzene rings is 3. The van der Waals surface area contributed by atoms with Gasteiger partial charge in [0.15, 0.2) is 0 Å². The molecule has 2 aromatic heterocycles. The van der Waals surface area contributed by atoms with Crippen molar-refractivity contribution in [2.24, 2.45) is 0 Å². The molecule has 3 aromatic carbocycles. The molecule has 50 heavy (non-hydrogen) atoms. The van der Waals surface area contributed by atoms with Crippen LogP contribution in [0.25, 0.3) is 0 Å². The molecule has 260 valence electrons. The predicted octanol–water partition coefficient (Wildman–Crippen LogP) is 5.29. The summed E-state index contributed by atoms with van der Waals surface area (Å²) in [5.74, 6) is -0.385. The molecule has 1 aliphatic heterocycles. The molecule has 13 heteroatoms. The number of ether oxygens (including phenoxy) is 3. The zero-order valence-corrected chi connectivity index (χ0v) is 28.7. The average molecular weight is 697 g/mol.